The van der Waals surface area contributed by atoms with Gasteiger partial charge < -0.3 is 14.6 Å². The van der Waals surface area contributed by atoms with Gasteiger partial charge in [0.1, 0.15) is 5.65 Å². The highest BCUT2D eigenvalue weighted by atomic mass is 16.2. The number of carbonyl (C=O) groups excluding carboxylic acids is 1. The van der Waals surface area contributed by atoms with Crippen molar-refractivity contribution >= 4 is 11.7 Å². The molecular weight excluding hydrogens is 314 g/mol. The summed E-state index contributed by atoms with van der Waals surface area (Å²) < 4.78 is 1.99. The fraction of sp³-hybridized carbons (Fsp3) is 0.579. The summed E-state index contributed by atoms with van der Waals surface area (Å²) in [5, 5.41) is 3.00. The third-order valence-corrected chi connectivity index (χ3v) is 5.56. The highest BCUT2D eigenvalue weighted by Crippen LogP contribution is 2.24. The van der Waals surface area contributed by atoms with Crippen LogP contribution in [0.3, 0.4) is 0 Å². The molecule has 0 radical (unpaired) electrons. The van der Waals surface area contributed by atoms with Gasteiger partial charge in [-0.1, -0.05) is 6.42 Å². The summed E-state index contributed by atoms with van der Waals surface area (Å²) in [7, 11) is 0. The van der Waals surface area contributed by atoms with E-state index in [2.05, 4.69) is 35.1 Å². The molecule has 2 amide bonds. The number of nitrogens with one attached hydrogen (secondary N) is 1. The molecule has 0 saturated carbocycles. The van der Waals surface area contributed by atoms with E-state index in [0.29, 0.717) is 18.6 Å². The van der Waals surface area contributed by atoms with Crippen LogP contribution in [0.15, 0.2) is 24.5 Å². The number of fused-ring (bicyclic) bond motifs is 1. The Morgan fingerprint density at radius 2 is 2.20 bits per heavy atom. The lowest BCUT2D eigenvalue weighted by Crippen LogP contribution is -2.64. The Morgan fingerprint density at radius 3 is 3.00 bits per heavy atom. The molecule has 0 spiro atoms. The predicted molar refractivity (Wildman–Crippen MR) is 97.5 cm³/mol. The van der Waals surface area contributed by atoms with E-state index in [1.807, 2.05) is 27.8 Å². The lowest BCUT2D eigenvalue weighted by molar-refractivity contribution is 0.0169. The first-order chi connectivity index (χ1) is 12.1. The highest BCUT2D eigenvalue weighted by molar-refractivity contribution is 5.75. The highest BCUT2D eigenvalue weighted by Gasteiger charge is 2.37. The molecule has 6 nitrogen and oxygen atoms in total. The average molecular weight is 341 g/mol. The van der Waals surface area contributed by atoms with Gasteiger partial charge in [-0.05, 0) is 50.9 Å². The zero-order valence-electron chi connectivity index (χ0n) is 15.1. The van der Waals surface area contributed by atoms with E-state index in [9.17, 15) is 4.79 Å². The van der Waals surface area contributed by atoms with Crippen molar-refractivity contribution in [3.8, 4) is 0 Å². The molecule has 6 heteroatoms. The Labute approximate surface area is 148 Å². The van der Waals surface area contributed by atoms with Gasteiger partial charge in [0.25, 0.3) is 0 Å². The Morgan fingerprint density at radius 1 is 1.36 bits per heavy atom. The first kappa shape index (κ1) is 16.4. The number of imidazole rings is 1. The minimum atomic E-state index is 0.0224. The fourth-order valence-corrected chi connectivity index (χ4v) is 3.99. The molecule has 2 fully saturated rings. The molecule has 4 heterocycles. The maximum absolute atomic E-state index is 12.3. The van der Waals surface area contributed by atoms with Crippen molar-refractivity contribution in [1.29, 1.82) is 0 Å². The lowest BCUT2D eigenvalue weighted by Gasteiger charge is -2.49. The van der Waals surface area contributed by atoms with Crippen molar-refractivity contribution in [2.24, 2.45) is 0 Å². The van der Waals surface area contributed by atoms with Crippen molar-refractivity contribution in [3.63, 3.8) is 0 Å². The molecule has 0 bridgehead atoms. The third-order valence-electron chi connectivity index (χ3n) is 5.56. The second-order valence-electron chi connectivity index (χ2n) is 7.50. The number of carbonyl (C=O) groups is 1. The van der Waals surface area contributed by atoms with Crippen LogP contribution in [0.2, 0.25) is 0 Å². The van der Waals surface area contributed by atoms with Crippen LogP contribution < -0.4 is 5.32 Å². The van der Waals surface area contributed by atoms with Crippen LogP contribution in [0.5, 0.6) is 0 Å². The summed E-state index contributed by atoms with van der Waals surface area (Å²) >= 11 is 0. The zero-order valence-corrected chi connectivity index (χ0v) is 15.1. The van der Waals surface area contributed by atoms with E-state index in [1.54, 1.807) is 0 Å². The Hall–Kier alpha value is -2.08. The molecule has 25 heavy (non-hydrogen) atoms. The predicted octanol–water partition coefficient (Wildman–Crippen LogP) is 2.41. The maximum Gasteiger partial charge on any atom is 0.317 e. The number of nitrogens with zero attached hydrogens (tertiary/aromatic N) is 4. The Kier molecular flexibility index (Phi) is 4.37. The second-order valence-corrected chi connectivity index (χ2v) is 7.50. The average Bonchev–Trinajstić information content (AvgIpc) is 2.95. The van der Waals surface area contributed by atoms with E-state index in [4.69, 9.17) is 0 Å². The van der Waals surface area contributed by atoms with Gasteiger partial charge in [-0.15, -0.1) is 0 Å². The molecule has 2 aliphatic heterocycles. The van der Waals surface area contributed by atoms with E-state index in [0.717, 1.165) is 24.4 Å². The van der Waals surface area contributed by atoms with E-state index < -0.39 is 0 Å². The molecule has 2 aromatic heterocycles. The molecule has 0 aromatic carbocycles. The smallest absolute Gasteiger partial charge is 0.317 e. The number of piperidine rings is 1. The van der Waals surface area contributed by atoms with Gasteiger partial charge in [0, 0.05) is 37.6 Å². The maximum atomic E-state index is 12.3. The Bertz CT molecular complexity index is 764. The van der Waals surface area contributed by atoms with Crippen LogP contribution in [0.25, 0.3) is 5.65 Å². The summed E-state index contributed by atoms with van der Waals surface area (Å²) in [6.45, 7) is 7.72. The first-order valence-corrected chi connectivity index (χ1v) is 9.33. The van der Waals surface area contributed by atoms with Gasteiger partial charge >= 0.3 is 6.03 Å². The number of likely N-dealkylation sites (tertiary alicyclic amines) is 2. The number of hydrogen-bond acceptors (Lipinski definition) is 3. The number of pyridine rings is 1. The fourth-order valence-electron chi connectivity index (χ4n) is 3.99. The van der Waals surface area contributed by atoms with Crippen LogP contribution in [0.4, 0.5) is 4.79 Å². The number of rotatable bonds is 3. The van der Waals surface area contributed by atoms with Crippen LogP contribution >= 0.6 is 0 Å². The van der Waals surface area contributed by atoms with Crippen molar-refractivity contribution in [2.75, 3.05) is 19.6 Å². The molecule has 1 atom stereocenters. The van der Waals surface area contributed by atoms with Crippen molar-refractivity contribution in [2.45, 2.75) is 51.7 Å². The van der Waals surface area contributed by atoms with E-state index in [-0.39, 0.29) is 6.03 Å². The largest absolute Gasteiger partial charge is 0.332 e. The summed E-state index contributed by atoms with van der Waals surface area (Å²) in [6.07, 6.45) is 7.90. The number of hydrogen-bond donors (Lipinski definition) is 1. The topological polar surface area (TPSA) is 52.9 Å². The van der Waals surface area contributed by atoms with E-state index in [1.165, 1.54) is 31.4 Å². The molecule has 1 N–H and O–H groups in total. The summed E-state index contributed by atoms with van der Waals surface area (Å²) in [5.74, 6) is 0. The van der Waals surface area contributed by atoms with Crippen molar-refractivity contribution in [1.82, 2.24) is 24.5 Å². The summed E-state index contributed by atoms with van der Waals surface area (Å²) in [4.78, 5) is 21.4. The second kappa shape index (κ2) is 6.67. The standard InChI is InChI=1S/C19H27N5O/c1-14-6-8-22-11-16(21-18(22)9-14)10-20-19(25)23-12-17(13-23)24-7-4-3-5-15(24)2/h6,8-9,11,15,17H,3-5,7,10,12-13H2,1-2H3,(H,20,25). The van der Waals surface area contributed by atoms with Crippen molar-refractivity contribution < 1.29 is 4.79 Å². The van der Waals surface area contributed by atoms with Gasteiger partial charge in [-0.2, -0.15) is 0 Å². The molecule has 0 aliphatic carbocycles. The molecular formula is C19H27N5O. The third kappa shape index (κ3) is 3.35. The number of amides is 2. The number of aromatic nitrogens is 2. The van der Waals surface area contributed by atoms with E-state index >= 15 is 0 Å². The molecule has 1 unspecified atom stereocenters. The molecule has 2 aliphatic rings. The van der Waals surface area contributed by atoms with Crippen LogP contribution in [0, 0.1) is 6.92 Å². The minimum Gasteiger partial charge on any atom is -0.332 e. The van der Waals surface area contributed by atoms with Crippen LogP contribution in [-0.2, 0) is 6.54 Å². The van der Waals surface area contributed by atoms with Crippen LogP contribution in [0.1, 0.15) is 37.4 Å². The molecule has 134 valence electrons. The zero-order chi connectivity index (χ0) is 17.4. The first-order valence-electron chi connectivity index (χ1n) is 9.33. The van der Waals surface area contributed by atoms with Gasteiger partial charge in [0.05, 0.1) is 12.2 Å². The molecule has 4 rings (SSSR count). The SMILES string of the molecule is Cc1ccn2cc(CNC(=O)N3CC(N4CCCCC4C)C3)nc2c1. The minimum absolute atomic E-state index is 0.0224. The van der Waals surface area contributed by atoms with Gasteiger partial charge in [0.15, 0.2) is 0 Å². The normalized spacial score (nSPS) is 22.2. The monoisotopic (exact) mass is 341 g/mol. The quantitative estimate of drug-likeness (QED) is 0.933. The lowest BCUT2D eigenvalue weighted by atomic mass is 9.98. The summed E-state index contributed by atoms with van der Waals surface area (Å²) in [6, 6.07) is 5.32. The molecule has 2 aromatic rings. The number of aryl methyl sites for hydroxylation is 1. The number of urea groups is 1. The van der Waals surface area contributed by atoms with Gasteiger partial charge in [-0.3, -0.25) is 4.90 Å². The molecule has 2 saturated heterocycles. The van der Waals surface area contributed by atoms with Crippen molar-refractivity contribution in [3.05, 3.63) is 35.8 Å². The Balaban J connectivity index is 1.28. The van der Waals surface area contributed by atoms with Gasteiger partial charge in [0.2, 0.25) is 0 Å². The van der Waals surface area contributed by atoms with Gasteiger partial charge in [-0.25, -0.2) is 9.78 Å². The summed E-state index contributed by atoms with van der Waals surface area (Å²) in [5.41, 5.74) is 3.00. The van der Waals surface area contributed by atoms with Crippen LogP contribution in [-0.4, -0.2) is 56.9 Å².